The number of rotatable bonds is 5. The molecule has 0 radical (unpaired) electrons. The van der Waals surface area contributed by atoms with Crippen LogP contribution in [0.25, 0.3) is 0 Å². The van der Waals surface area contributed by atoms with Gasteiger partial charge in [0, 0.05) is 25.2 Å². The van der Waals surface area contributed by atoms with Gasteiger partial charge in [-0.05, 0) is 50.5 Å². The van der Waals surface area contributed by atoms with E-state index in [1.54, 1.807) is 0 Å². The fourth-order valence-electron chi connectivity index (χ4n) is 2.91. The Kier molecular flexibility index (Phi) is 2.73. The predicted octanol–water partition coefficient (Wildman–Crippen LogP) is 1.86. The molecule has 2 aliphatic carbocycles. The molecule has 3 aliphatic rings. The molecule has 1 N–H and O–H groups in total. The average molecular weight is 208 g/mol. The van der Waals surface area contributed by atoms with Crippen molar-refractivity contribution in [3.05, 3.63) is 0 Å². The second-order valence-corrected chi connectivity index (χ2v) is 5.93. The molecular formula is C13H24N2. The van der Waals surface area contributed by atoms with Gasteiger partial charge in [-0.2, -0.15) is 0 Å². The summed E-state index contributed by atoms with van der Waals surface area (Å²) in [6.45, 7) is 6.34. The Hall–Kier alpha value is -0.0800. The van der Waals surface area contributed by atoms with Crippen molar-refractivity contribution in [3.8, 4) is 0 Å². The Morgan fingerprint density at radius 1 is 1.20 bits per heavy atom. The Labute approximate surface area is 93.4 Å². The lowest BCUT2D eigenvalue weighted by Gasteiger charge is -2.18. The molecule has 2 saturated carbocycles. The normalized spacial score (nSPS) is 34.6. The lowest BCUT2D eigenvalue weighted by atomic mass is 10.1. The SMILES string of the molecule is CC(CNC1CCN(C2CC2)C1)C1CC1. The second-order valence-electron chi connectivity index (χ2n) is 5.93. The van der Waals surface area contributed by atoms with E-state index in [0.717, 1.165) is 23.9 Å². The van der Waals surface area contributed by atoms with Crippen LogP contribution in [-0.2, 0) is 0 Å². The molecule has 0 spiro atoms. The summed E-state index contributed by atoms with van der Waals surface area (Å²) in [5.41, 5.74) is 0. The van der Waals surface area contributed by atoms with Crippen LogP contribution in [0.4, 0.5) is 0 Å². The highest BCUT2D eigenvalue weighted by Crippen LogP contribution is 2.36. The van der Waals surface area contributed by atoms with Crippen LogP contribution in [0, 0.1) is 11.8 Å². The van der Waals surface area contributed by atoms with Crippen molar-refractivity contribution < 1.29 is 0 Å². The van der Waals surface area contributed by atoms with E-state index >= 15 is 0 Å². The molecule has 3 rings (SSSR count). The Morgan fingerprint density at radius 2 is 2.00 bits per heavy atom. The molecule has 86 valence electrons. The van der Waals surface area contributed by atoms with E-state index in [1.807, 2.05) is 0 Å². The standard InChI is InChI=1S/C13H24N2/c1-10(11-2-3-11)8-14-12-6-7-15(9-12)13-4-5-13/h10-14H,2-9H2,1H3. The first-order chi connectivity index (χ1) is 7.33. The van der Waals surface area contributed by atoms with Crippen molar-refractivity contribution in [3.63, 3.8) is 0 Å². The van der Waals surface area contributed by atoms with E-state index in [4.69, 9.17) is 0 Å². The molecule has 1 saturated heterocycles. The van der Waals surface area contributed by atoms with Crippen LogP contribution in [-0.4, -0.2) is 36.6 Å². The molecule has 2 atom stereocenters. The number of likely N-dealkylation sites (tertiary alicyclic amines) is 1. The highest BCUT2D eigenvalue weighted by atomic mass is 15.2. The third-order valence-corrected chi connectivity index (χ3v) is 4.44. The van der Waals surface area contributed by atoms with Gasteiger partial charge in [-0.15, -0.1) is 0 Å². The maximum atomic E-state index is 3.77. The predicted molar refractivity (Wildman–Crippen MR) is 62.9 cm³/mol. The quantitative estimate of drug-likeness (QED) is 0.742. The first kappa shape index (κ1) is 10.1. The minimum atomic E-state index is 0.798. The summed E-state index contributed by atoms with van der Waals surface area (Å²) < 4.78 is 0. The molecule has 0 aromatic heterocycles. The number of nitrogens with zero attached hydrogens (tertiary/aromatic N) is 1. The maximum absolute atomic E-state index is 3.77. The van der Waals surface area contributed by atoms with Gasteiger partial charge >= 0.3 is 0 Å². The first-order valence-electron chi connectivity index (χ1n) is 6.80. The van der Waals surface area contributed by atoms with Gasteiger partial charge in [-0.25, -0.2) is 0 Å². The minimum Gasteiger partial charge on any atom is -0.312 e. The highest BCUT2D eigenvalue weighted by molar-refractivity contribution is 4.92. The van der Waals surface area contributed by atoms with Crippen molar-refractivity contribution in [2.45, 2.75) is 51.1 Å². The molecular weight excluding hydrogens is 184 g/mol. The van der Waals surface area contributed by atoms with E-state index < -0.39 is 0 Å². The van der Waals surface area contributed by atoms with Crippen molar-refractivity contribution in [1.82, 2.24) is 10.2 Å². The fraction of sp³-hybridized carbons (Fsp3) is 1.00. The minimum absolute atomic E-state index is 0.798. The summed E-state index contributed by atoms with van der Waals surface area (Å²) in [5, 5.41) is 3.77. The monoisotopic (exact) mass is 208 g/mol. The van der Waals surface area contributed by atoms with Gasteiger partial charge in [-0.1, -0.05) is 6.92 Å². The molecule has 3 fully saturated rings. The van der Waals surface area contributed by atoms with Crippen LogP contribution in [0.15, 0.2) is 0 Å². The third-order valence-electron chi connectivity index (χ3n) is 4.44. The lowest BCUT2D eigenvalue weighted by Crippen LogP contribution is -2.36. The van der Waals surface area contributed by atoms with Crippen LogP contribution in [0.3, 0.4) is 0 Å². The molecule has 0 bridgehead atoms. The Bertz CT molecular complexity index is 221. The van der Waals surface area contributed by atoms with Crippen molar-refractivity contribution in [2.75, 3.05) is 19.6 Å². The van der Waals surface area contributed by atoms with E-state index in [1.165, 1.54) is 51.7 Å². The van der Waals surface area contributed by atoms with Gasteiger partial charge in [0.25, 0.3) is 0 Å². The Morgan fingerprint density at radius 3 is 2.67 bits per heavy atom. The summed E-state index contributed by atoms with van der Waals surface area (Å²) in [5.74, 6) is 1.97. The van der Waals surface area contributed by atoms with Crippen LogP contribution in [0.5, 0.6) is 0 Å². The number of hydrogen-bond donors (Lipinski definition) is 1. The lowest BCUT2D eigenvalue weighted by molar-refractivity contribution is 0.313. The van der Waals surface area contributed by atoms with Gasteiger partial charge < -0.3 is 5.32 Å². The smallest absolute Gasteiger partial charge is 0.0207 e. The summed E-state index contributed by atoms with van der Waals surface area (Å²) in [6.07, 6.45) is 7.29. The maximum Gasteiger partial charge on any atom is 0.0207 e. The number of hydrogen-bond acceptors (Lipinski definition) is 2. The molecule has 1 heterocycles. The molecule has 1 aliphatic heterocycles. The second kappa shape index (κ2) is 4.06. The zero-order chi connectivity index (χ0) is 10.3. The van der Waals surface area contributed by atoms with Crippen LogP contribution < -0.4 is 5.32 Å². The molecule has 0 aromatic rings. The topological polar surface area (TPSA) is 15.3 Å². The Balaban J connectivity index is 1.36. The molecule has 2 heteroatoms. The van der Waals surface area contributed by atoms with Crippen LogP contribution in [0.2, 0.25) is 0 Å². The molecule has 2 unspecified atom stereocenters. The summed E-state index contributed by atoms with van der Waals surface area (Å²) >= 11 is 0. The molecule has 2 nitrogen and oxygen atoms in total. The largest absolute Gasteiger partial charge is 0.312 e. The summed E-state index contributed by atoms with van der Waals surface area (Å²) in [6, 6.07) is 1.77. The van der Waals surface area contributed by atoms with E-state index in [0.29, 0.717) is 0 Å². The van der Waals surface area contributed by atoms with Gasteiger partial charge in [0.15, 0.2) is 0 Å². The zero-order valence-corrected chi connectivity index (χ0v) is 9.91. The van der Waals surface area contributed by atoms with Crippen molar-refractivity contribution in [1.29, 1.82) is 0 Å². The van der Waals surface area contributed by atoms with Crippen LogP contribution >= 0.6 is 0 Å². The molecule has 15 heavy (non-hydrogen) atoms. The van der Waals surface area contributed by atoms with E-state index in [2.05, 4.69) is 17.1 Å². The highest BCUT2D eigenvalue weighted by Gasteiger charge is 2.34. The molecule has 0 aromatic carbocycles. The fourth-order valence-corrected chi connectivity index (χ4v) is 2.91. The zero-order valence-electron chi connectivity index (χ0n) is 9.91. The van der Waals surface area contributed by atoms with Gasteiger partial charge in [-0.3, -0.25) is 4.90 Å². The first-order valence-corrected chi connectivity index (χ1v) is 6.80. The van der Waals surface area contributed by atoms with Gasteiger partial charge in [0.1, 0.15) is 0 Å². The van der Waals surface area contributed by atoms with Crippen LogP contribution in [0.1, 0.15) is 39.0 Å². The average Bonchev–Trinajstić information content (AvgIpc) is 3.12. The number of nitrogens with one attached hydrogen (secondary N) is 1. The third kappa shape index (κ3) is 2.54. The van der Waals surface area contributed by atoms with Crippen molar-refractivity contribution >= 4 is 0 Å². The summed E-state index contributed by atoms with van der Waals surface area (Å²) in [7, 11) is 0. The molecule has 0 amide bonds. The van der Waals surface area contributed by atoms with E-state index in [-0.39, 0.29) is 0 Å². The summed E-state index contributed by atoms with van der Waals surface area (Å²) in [4.78, 5) is 2.69. The van der Waals surface area contributed by atoms with Gasteiger partial charge in [0.05, 0.1) is 0 Å². The van der Waals surface area contributed by atoms with Gasteiger partial charge in [0.2, 0.25) is 0 Å². The van der Waals surface area contributed by atoms with E-state index in [9.17, 15) is 0 Å². The van der Waals surface area contributed by atoms with Crippen molar-refractivity contribution in [2.24, 2.45) is 11.8 Å².